The Labute approximate surface area is 77.0 Å². The van der Waals surface area contributed by atoms with Crippen molar-refractivity contribution in [3.05, 3.63) is 28.5 Å². The molecule has 1 N–H and O–H groups in total. The van der Waals surface area contributed by atoms with Gasteiger partial charge in [-0.25, -0.2) is 0 Å². The predicted molar refractivity (Wildman–Crippen MR) is 40.2 cm³/mol. The van der Waals surface area contributed by atoms with Gasteiger partial charge in [0.25, 0.3) is 0 Å². The maximum absolute atomic E-state index is 12.3. The molecule has 0 saturated heterocycles. The maximum Gasteiger partial charge on any atom is 0.418 e. The SMILES string of the molecule is OCc1cncc(Cl)c1C(F)(F)F. The first-order chi connectivity index (χ1) is 5.96. The summed E-state index contributed by atoms with van der Waals surface area (Å²) in [6.45, 7) is -0.734. The van der Waals surface area contributed by atoms with Crippen LogP contribution in [0.25, 0.3) is 0 Å². The van der Waals surface area contributed by atoms with Gasteiger partial charge in [0.2, 0.25) is 0 Å². The van der Waals surface area contributed by atoms with E-state index >= 15 is 0 Å². The lowest BCUT2D eigenvalue weighted by Gasteiger charge is -2.11. The minimum absolute atomic E-state index is 0.319. The maximum atomic E-state index is 12.3. The number of rotatable bonds is 1. The van der Waals surface area contributed by atoms with E-state index in [0.717, 1.165) is 12.4 Å². The van der Waals surface area contributed by atoms with Gasteiger partial charge in [-0.2, -0.15) is 13.2 Å². The topological polar surface area (TPSA) is 33.1 Å². The largest absolute Gasteiger partial charge is 0.418 e. The Morgan fingerprint density at radius 3 is 2.38 bits per heavy atom. The van der Waals surface area contributed by atoms with Gasteiger partial charge in [-0.1, -0.05) is 11.6 Å². The van der Waals surface area contributed by atoms with Crippen molar-refractivity contribution in [2.75, 3.05) is 0 Å². The molecule has 1 rings (SSSR count). The molecule has 0 spiro atoms. The van der Waals surface area contributed by atoms with Crippen LogP contribution in [-0.4, -0.2) is 10.1 Å². The number of aliphatic hydroxyl groups excluding tert-OH is 1. The molecule has 0 aliphatic carbocycles. The highest BCUT2D eigenvalue weighted by Crippen LogP contribution is 2.36. The first kappa shape index (κ1) is 10.3. The molecule has 0 saturated carbocycles. The molecule has 1 aromatic rings. The van der Waals surface area contributed by atoms with Crippen LogP contribution >= 0.6 is 11.6 Å². The van der Waals surface area contributed by atoms with Gasteiger partial charge in [0.1, 0.15) is 0 Å². The highest BCUT2D eigenvalue weighted by molar-refractivity contribution is 6.31. The Bertz CT molecular complexity index is 313. The van der Waals surface area contributed by atoms with Gasteiger partial charge in [-0.15, -0.1) is 0 Å². The van der Waals surface area contributed by atoms with Crippen LogP contribution < -0.4 is 0 Å². The zero-order chi connectivity index (χ0) is 10.1. The van der Waals surface area contributed by atoms with Crippen LogP contribution in [0.3, 0.4) is 0 Å². The molecule has 0 aliphatic heterocycles. The summed E-state index contributed by atoms with van der Waals surface area (Å²) in [5.74, 6) is 0. The summed E-state index contributed by atoms with van der Waals surface area (Å²) in [6.07, 6.45) is -2.73. The van der Waals surface area contributed by atoms with Crippen LogP contribution in [0.5, 0.6) is 0 Å². The molecular formula is C7H5ClF3NO. The lowest BCUT2D eigenvalue weighted by Crippen LogP contribution is -2.10. The highest BCUT2D eigenvalue weighted by Gasteiger charge is 2.35. The quantitative estimate of drug-likeness (QED) is 0.773. The first-order valence-corrected chi connectivity index (χ1v) is 3.65. The summed E-state index contributed by atoms with van der Waals surface area (Å²) in [6, 6.07) is 0. The minimum atomic E-state index is -4.56. The smallest absolute Gasteiger partial charge is 0.392 e. The van der Waals surface area contributed by atoms with Crippen molar-refractivity contribution in [1.29, 1.82) is 0 Å². The first-order valence-electron chi connectivity index (χ1n) is 3.27. The fourth-order valence-electron chi connectivity index (χ4n) is 0.913. The van der Waals surface area contributed by atoms with Crippen LogP contribution in [0, 0.1) is 0 Å². The predicted octanol–water partition coefficient (Wildman–Crippen LogP) is 2.25. The van der Waals surface area contributed by atoms with E-state index < -0.39 is 23.4 Å². The summed E-state index contributed by atoms with van der Waals surface area (Å²) in [7, 11) is 0. The second-order valence-corrected chi connectivity index (χ2v) is 2.72. The third-order valence-electron chi connectivity index (χ3n) is 1.43. The molecule has 1 heterocycles. The van der Waals surface area contributed by atoms with Gasteiger partial charge in [0, 0.05) is 18.0 Å². The number of halogens is 4. The van der Waals surface area contributed by atoms with E-state index in [4.69, 9.17) is 16.7 Å². The Morgan fingerprint density at radius 1 is 1.38 bits per heavy atom. The fraction of sp³-hybridized carbons (Fsp3) is 0.286. The number of pyridine rings is 1. The van der Waals surface area contributed by atoms with Gasteiger partial charge in [0.05, 0.1) is 17.2 Å². The van der Waals surface area contributed by atoms with Crippen LogP contribution in [0.15, 0.2) is 12.4 Å². The zero-order valence-electron chi connectivity index (χ0n) is 6.27. The van der Waals surface area contributed by atoms with Crippen molar-refractivity contribution in [3.63, 3.8) is 0 Å². The van der Waals surface area contributed by atoms with Gasteiger partial charge >= 0.3 is 6.18 Å². The summed E-state index contributed by atoms with van der Waals surface area (Å²) in [5.41, 5.74) is -1.34. The average Bonchev–Trinajstić information content (AvgIpc) is 2.01. The number of aromatic nitrogens is 1. The van der Waals surface area contributed by atoms with Crippen molar-refractivity contribution >= 4 is 11.6 Å². The number of hydrogen-bond donors (Lipinski definition) is 1. The van der Waals surface area contributed by atoms with Crippen LogP contribution in [0.4, 0.5) is 13.2 Å². The number of aliphatic hydroxyl groups is 1. The minimum Gasteiger partial charge on any atom is -0.392 e. The molecule has 0 amide bonds. The normalized spacial score (nSPS) is 11.8. The Balaban J connectivity index is 3.32. The Hall–Kier alpha value is -0.810. The van der Waals surface area contributed by atoms with Crippen LogP contribution in [0.1, 0.15) is 11.1 Å². The van der Waals surface area contributed by atoms with Crippen molar-refractivity contribution < 1.29 is 18.3 Å². The van der Waals surface area contributed by atoms with E-state index in [0.29, 0.717) is 0 Å². The van der Waals surface area contributed by atoms with Crippen LogP contribution in [-0.2, 0) is 12.8 Å². The summed E-state index contributed by atoms with van der Waals surface area (Å²) in [5, 5.41) is 8.11. The van der Waals surface area contributed by atoms with Gasteiger partial charge < -0.3 is 5.11 Å². The summed E-state index contributed by atoms with van der Waals surface area (Å²) in [4.78, 5) is 3.44. The molecule has 0 atom stereocenters. The van der Waals surface area contributed by atoms with Crippen LogP contribution in [0.2, 0.25) is 5.02 Å². The average molecular weight is 212 g/mol. The van der Waals surface area contributed by atoms with Crippen molar-refractivity contribution in [2.45, 2.75) is 12.8 Å². The number of hydrogen-bond acceptors (Lipinski definition) is 2. The molecule has 0 bridgehead atoms. The third kappa shape index (κ3) is 2.10. The third-order valence-corrected chi connectivity index (χ3v) is 1.72. The van der Waals surface area contributed by atoms with E-state index in [1.54, 1.807) is 0 Å². The standard InChI is InChI=1S/C7H5ClF3NO/c8-5-2-12-1-4(3-13)6(5)7(9,10)11/h1-2,13H,3H2. The van der Waals surface area contributed by atoms with E-state index in [1.165, 1.54) is 0 Å². The lowest BCUT2D eigenvalue weighted by atomic mass is 10.1. The van der Waals surface area contributed by atoms with Gasteiger partial charge in [-0.3, -0.25) is 4.98 Å². The monoisotopic (exact) mass is 211 g/mol. The molecule has 0 unspecified atom stereocenters. The zero-order valence-corrected chi connectivity index (χ0v) is 7.02. The number of nitrogens with zero attached hydrogens (tertiary/aromatic N) is 1. The molecular weight excluding hydrogens is 207 g/mol. The molecule has 0 aliphatic rings. The second kappa shape index (κ2) is 3.51. The molecule has 13 heavy (non-hydrogen) atoms. The van der Waals surface area contributed by atoms with E-state index in [9.17, 15) is 13.2 Å². The molecule has 72 valence electrons. The van der Waals surface area contributed by atoms with E-state index in [1.807, 2.05) is 0 Å². The molecule has 6 heteroatoms. The molecule has 1 aromatic heterocycles. The Morgan fingerprint density at radius 2 is 2.00 bits per heavy atom. The van der Waals surface area contributed by atoms with Crippen molar-refractivity contribution in [3.8, 4) is 0 Å². The molecule has 0 aromatic carbocycles. The fourth-order valence-corrected chi connectivity index (χ4v) is 1.20. The van der Waals surface area contributed by atoms with Crippen molar-refractivity contribution in [2.24, 2.45) is 0 Å². The number of alkyl halides is 3. The summed E-state index contributed by atoms with van der Waals surface area (Å²) >= 11 is 5.30. The second-order valence-electron chi connectivity index (χ2n) is 2.31. The molecule has 0 radical (unpaired) electrons. The Kier molecular flexibility index (Phi) is 2.77. The molecule has 2 nitrogen and oxygen atoms in total. The van der Waals surface area contributed by atoms with E-state index in [2.05, 4.69) is 4.98 Å². The summed E-state index contributed by atoms with van der Waals surface area (Å²) < 4.78 is 36.8. The molecule has 0 fully saturated rings. The van der Waals surface area contributed by atoms with Gasteiger partial charge in [-0.05, 0) is 0 Å². The highest BCUT2D eigenvalue weighted by atomic mass is 35.5. The van der Waals surface area contributed by atoms with Crippen molar-refractivity contribution in [1.82, 2.24) is 4.98 Å². The lowest BCUT2D eigenvalue weighted by molar-refractivity contribution is -0.138. The van der Waals surface area contributed by atoms with Gasteiger partial charge in [0.15, 0.2) is 0 Å². The van der Waals surface area contributed by atoms with E-state index in [-0.39, 0.29) is 5.56 Å².